The third kappa shape index (κ3) is 3.23. The molecule has 2 rings (SSSR count). The van der Waals surface area contributed by atoms with E-state index in [1.165, 1.54) is 18.3 Å². The number of carbonyl (C=O) groups is 1. The number of halogens is 1. The Hall–Kier alpha value is -1.49. The van der Waals surface area contributed by atoms with Crippen molar-refractivity contribution in [1.82, 2.24) is 10.0 Å². The van der Waals surface area contributed by atoms with Gasteiger partial charge < -0.3 is 10.5 Å². The highest BCUT2D eigenvalue weighted by Crippen LogP contribution is 2.17. The first kappa shape index (κ1) is 12.0. The molecule has 0 aromatic carbocycles. The summed E-state index contributed by atoms with van der Waals surface area (Å²) in [5.41, 5.74) is 0. The first-order valence-electron chi connectivity index (χ1n) is 5.58. The predicted molar refractivity (Wildman–Crippen MR) is 63.0 cm³/mol. The van der Waals surface area contributed by atoms with Crippen molar-refractivity contribution in [3.05, 3.63) is 28.8 Å². The van der Waals surface area contributed by atoms with Crippen LogP contribution in [0.3, 0.4) is 0 Å². The number of carbonyl (C=O) groups excluding carboxylic acids is 1. The molecule has 2 amide bonds. The van der Waals surface area contributed by atoms with Crippen LogP contribution in [0.4, 0.5) is 4.79 Å². The summed E-state index contributed by atoms with van der Waals surface area (Å²) in [5, 5.41) is 12.5. The van der Waals surface area contributed by atoms with Crippen molar-refractivity contribution in [3.63, 3.8) is 0 Å². The fourth-order valence-electron chi connectivity index (χ4n) is 1.92. The van der Waals surface area contributed by atoms with Gasteiger partial charge in [-0.1, -0.05) is 24.4 Å². The lowest BCUT2D eigenvalue weighted by Crippen LogP contribution is -2.31. The Bertz CT molecular complexity index is 478. The molecule has 0 spiro atoms. The van der Waals surface area contributed by atoms with Gasteiger partial charge >= 0.3 is 6.03 Å². The van der Waals surface area contributed by atoms with Crippen LogP contribution in [0, 0.1) is 0 Å². The van der Waals surface area contributed by atoms with E-state index in [1.54, 1.807) is 0 Å². The summed E-state index contributed by atoms with van der Waals surface area (Å²) in [6.07, 6.45) is 5.70. The second-order valence-corrected chi connectivity index (χ2v) is 4.48. The van der Waals surface area contributed by atoms with E-state index in [2.05, 4.69) is 10.3 Å². The monoisotopic (exact) mass is 255 g/mol. The molecule has 1 aromatic rings. The molecule has 1 aromatic heterocycles. The van der Waals surface area contributed by atoms with Gasteiger partial charge in [-0.25, -0.2) is 4.79 Å². The molecule has 0 bridgehead atoms. The highest BCUT2D eigenvalue weighted by atomic mass is 35.5. The molecule has 1 fully saturated rings. The molecular weight excluding hydrogens is 242 g/mol. The Balaban J connectivity index is 2.06. The van der Waals surface area contributed by atoms with Gasteiger partial charge in [0.2, 0.25) is 0 Å². The topological polar surface area (TPSA) is 66.6 Å². The number of rotatable bonds is 1. The second kappa shape index (κ2) is 5.23. The summed E-state index contributed by atoms with van der Waals surface area (Å²) in [7, 11) is 0. The SMILES string of the molecule is O=C(/N=c1/ccn(O)c(Cl)c1)NC1CCCC1. The summed E-state index contributed by atoms with van der Waals surface area (Å²) in [6, 6.07) is 2.83. The molecule has 1 saturated carbocycles. The molecule has 0 aliphatic heterocycles. The van der Waals surface area contributed by atoms with Crippen LogP contribution in [0.5, 0.6) is 0 Å². The van der Waals surface area contributed by atoms with Crippen molar-refractivity contribution >= 4 is 17.6 Å². The van der Waals surface area contributed by atoms with E-state index >= 15 is 0 Å². The van der Waals surface area contributed by atoms with Gasteiger partial charge in [-0.3, -0.25) is 0 Å². The zero-order valence-electron chi connectivity index (χ0n) is 9.27. The minimum atomic E-state index is -0.358. The molecule has 0 unspecified atom stereocenters. The summed E-state index contributed by atoms with van der Waals surface area (Å²) >= 11 is 5.69. The van der Waals surface area contributed by atoms with Gasteiger partial charge in [-0.2, -0.15) is 9.72 Å². The first-order chi connectivity index (χ1) is 8.15. The molecule has 5 nitrogen and oxygen atoms in total. The number of nitrogens with zero attached hydrogens (tertiary/aromatic N) is 2. The Morgan fingerprint density at radius 3 is 2.88 bits per heavy atom. The van der Waals surface area contributed by atoms with E-state index in [0.717, 1.165) is 30.4 Å². The third-order valence-electron chi connectivity index (χ3n) is 2.79. The average Bonchev–Trinajstić information content (AvgIpc) is 2.76. The van der Waals surface area contributed by atoms with Crippen LogP contribution in [0.25, 0.3) is 0 Å². The Morgan fingerprint density at radius 1 is 1.53 bits per heavy atom. The smallest absolute Gasteiger partial charge is 0.341 e. The van der Waals surface area contributed by atoms with Crippen molar-refractivity contribution in [1.29, 1.82) is 0 Å². The number of amides is 2. The van der Waals surface area contributed by atoms with E-state index in [-0.39, 0.29) is 17.2 Å². The van der Waals surface area contributed by atoms with Crippen LogP contribution < -0.4 is 10.7 Å². The van der Waals surface area contributed by atoms with Gasteiger partial charge in [-0.15, -0.1) is 0 Å². The highest BCUT2D eigenvalue weighted by molar-refractivity contribution is 6.29. The molecule has 17 heavy (non-hydrogen) atoms. The third-order valence-corrected chi connectivity index (χ3v) is 3.07. The standard InChI is InChI=1S/C11H14ClN3O2/c12-10-7-9(5-6-15(10)17)14-11(16)13-8-3-1-2-4-8/h5-8,17H,1-4H2,(H,13,16)/b14-9-. The van der Waals surface area contributed by atoms with Crippen molar-refractivity contribution < 1.29 is 10.0 Å². The summed E-state index contributed by atoms with van der Waals surface area (Å²) in [6.45, 7) is 0. The Labute approximate surface area is 104 Å². The number of nitrogens with one attached hydrogen (secondary N) is 1. The molecule has 2 N–H and O–H groups in total. The van der Waals surface area contributed by atoms with E-state index < -0.39 is 0 Å². The van der Waals surface area contributed by atoms with Crippen LogP contribution in [0.15, 0.2) is 23.3 Å². The molecule has 1 aliphatic rings. The van der Waals surface area contributed by atoms with Crippen LogP contribution in [-0.4, -0.2) is 22.0 Å². The zero-order valence-corrected chi connectivity index (χ0v) is 10.0. The maximum Gasteiger partial charge on any atom is 0.341 e. The molecule has 1 aliphatic carbocycles. The van der Waals surface area contributed by atoms with Crippen molar-refractivity contribution in [2.75, 3.05) is 0 Å². The number of urea groups is 1. The molecular formula is C11H14ClN3O2. The normalized spacial score (nSPS) is 17.4. The van der Waals surface area contributed by atoms with Crippen LogP contribution in [-0.2, 0) is 0 Å². The molecule has 0 radical (unpaired) electrons. The van der Waals surface area contributed by atoms with Crippen molar-refractivity contribution in [2.45, 2.75) is 31.7 Å². The fourth-order valence-corrected chi connectivity index (χ4v) is 2.09. The zero-order chi connectivity index (χ0) is 12.3. The molecule has 0 saturated heterocycles. The number of hydrogen-bond donors (Lipinski definition) is 2. The lowest BCUT2D eigenvalue weighted by Gasteiger charge is -2.08. The van der Waals surface area contributed by atoms with Gasteiger partial charge in [0.15, 0.2) is 0 Å². The van der Waals surface area contributed by atoms with E-state index in [0.29, 0.717) is 5.36 Å². The second-order valence-electron chi connectivity index (χ2n) is 4.09. The molecule has 0 atom stereocenters. The summed E-state index contributed by atoms with van der Waals surface area (Å²) < 4.78 is 0.759. The molecule has 1 heterocycles. The lowest BCUT2D eigenvalue weighted by molar-refractivity contribution is 0.185. The van der Waals surface area contributed by atoms with E-state index in [1.807, 2.05) is 0 Å². The van der Waals surface area contributed by atoms with Crippen molar-refractivity contribution in [3.8, 4) is 0 Å². The number of hydrogen-bond acceptors (Lipinski definition) is 2. The number of aromatic nitrogens is 1. The quantitative estimate of drug-likeness (QED) is 0.595. The van der Waals surface area contributed by atoms with Crippen molar-refractivity contribution in [2.24, 2.45) is 4.99 Å². The van der Waals surface area contributed by atoms with Crippen LogP contribution in [0.1, 0.15) is 25.7 Å². The average molecular weight is 256 g/mol. The first-order valence-corrected chi connectivity index (χ1v) is 5.95. The summed E-state index contributed by atoms with van der Waals surface area (Å²) in [4.78, 5) is 15.4. The van der Waals surface area contributed by atoms with E-state index in [9.17, 15) is 4.79 Å². The lowest BCUT2D eigenvalue weighted by atomic mass is 10.3. The molecule has 6 heteroatoms. The maximum atomic E-state index is 11.6. The highest BCUT2D eigenvalue weighted by Gasteiger charge is 2.16. The maximum absolute atomic E-state index is 11.6. The minimum absolute atomic E-state index is 0.111. The van der Waals surface area contributed by atoms with Gasteiger partial charge in [0.25, 0.3) is 0 Å². The fraction of sp³-hybridized carbons (Fsp3) is 0.455. The minimum Gasteiger partial charge on any atom is -0.428 e. The largest absolute Gasteiger partial charge is 0.428 e. The van der Waals surface area contributed by atoms with Crippen LogP contribution >= 0.6 is 11.6 Å². The summed E-state index contributed by atoms with van der Waals surface area (Å²) in [5.74, 6) is 0. The van der Waals surface area contributed by atoms with Gasteiger partial charge in [0.1, 0.15) is 5.15 Å². The van der Waals surface area contributed by atoms with Gasteiger partial charge in [0.05, 0.1) is 5.36 Å². The number of pyridine rings is 1. The van der Waals surface area contributed by atoms with Gasteiger partial charge in [-0.05, 0) is 18.9 Å². The van der Waals surface area contributed by atoms with E-state index in [4.69, 9.17) is 16.8 Å². The van der Waals surface area contributed by atoms with Crippen LogP contribution in [0.2, 0.25) is 5.15 Å². The Morgan fingerprint density at radius 2 is 2.24 bits per heavy atom. The van der Waals surface area contributed by atoms with Gasteiger partial charge in [0, 0.05) is 18.3 Å². The Kier molecular flexibility index (Phi) is 3.68. The molecule has 92 valence electrons. The predicted octanol–water partition coefficient (Wildman–Crippen LogP) is 1.93.